The Balaban J connectivity index is 2.18. The summed E-state index contributed by atoms with van der Waals surface area (Å²) in [6.45, 7) is 1.99. The molecule has 1 aromatic heterocycles. The van der Waals surface area contributed by atoms with Crippen LogP contribution in [0.5, 0.6) is 0 Å². The van der Waals surface area contributed by atoms with Crippen molar-refractivity contribution in [2.75, 3.05) is 0 Å². The van der Waals surface area contributed by atoms with E-state index < -0.39 is 0 Å². The molecular weight excluding hydrogens is 251 g/mol. The zero-order chi connectivity index (χ0) is 13.1. The van der Waals surface area contributed by atoms with Crippen LogP contribution in [0.15, 0.2) is 36.5 Å². The summed E-state index contributed by atoms with van der Waals surface area (Å²) >= 11 is 5.98. The number of halogens is 2. The van der Waals surface area contributed by atoms with E-state index in [9.17, 15) is 4.39 Å². The molecule has 0 aliphatic carbocycles. The lowest BCUT2D eigenvalue weighted by molar-refractivity contribution is 0.625. The van der Waals surface area contributed by atoms with Crippen molar-refractivity contribution in [3.63, 3.8) is 0 Å². The molecule has 1 aromatic carbocycles. The van der Waals surface area contributed by atoms with Crippen molar-refractivity contribution in [1.29, 1.82) is 0 Å². The number of nitrogens with zero attached hydrogens (tertiary/aromatic N) is 1. The highest BCUT2D eigenvalue weighted by Crippen LogP contribution is 2.22. The van der Waals surface area contributed by atoms with E-state index in [1.54, 1.807) is 12.3 Å². The minimum atomic E-state index is -0.342. The van der Waals surface area contributed by atoms with E-state index in [-0.39, 0.29) is 11.9 Å². The van der Waals surface area contributed by atoms with Crippen LogP contribution >= 0.6 is 11.6 Å². The van der Waals surface area contributed by atoms with Crippen LogP contribution in [-0.4, -0.2) is 4.98 Å². The summed E-state index contributed by atoms with van der Waals surface area (Å²) in [5.41, 5.74) is 8.84. The highest BCUT2D eigenvalue weighted by atomic mass is 35.5. The maximum atomic E-state index is 12.9. The van der Waals surface area contributed by atoms with Crippen LogP contribution in [0.1, 0.15) is 22.9 Å². The zero-order valence-electron chi connectivity index (χ0n) is 10.0. The quantitative estimate of drug-likeness (QED) is 0.923. The molecule has 2 aromatic rings. The molecule has 2 nitrogen and oxygen atoms in total. The summed E-state index contributed by atoms with van der Waals surface area (Å²) in [7, 11) is 0. The standard InChI is InChI=1S/C14H14ClFN2/c1-9-4-5-18-14(6-9)13(17)7-10-2-3-11(16)8-12(10)15/h2-6,8,13H,7,17H2,1H3. The maximum absolute atomic E-state index is 12.9. The van der Waals surface area contributed by atoms with Crippen molar-refractivity contribution in [2.24, 2.45) is 5.73 Å². The number of rotatable bonds is 3. The van der Waals surface area contributed by atoms with Gasteiger partial charge in [0.05, 0.1) is 11.7 Å². The molecule has 0 amide bonds. The Labute approximate surface area is 111 Å². The molecule has 0 saturated heterocycles. The maximum Gasteiger partial charge on any atom is 0.124 e. The van der Waals surface area contributed by atoms with Gasteiger partial charge in [-0.2, -0.15) is 0 Å². The Kier molecular flexibility index (Phi) is 3.94. The third-order valence-electron chi connectivity index (χ3n) is 2.77. The fourth-order valence-corrected chi connectivity index (χ4v) is 2.04. The van der Waals surface area contributed by atoms with Crippen molar-refractivity contribution in [2.45, 2.75) is 19.4 Å². The van der Waals surface area contributed by atoms with Gasteiger partial charge in [-0.25, -0.2) is 4.39 Å². The summed E-state index contributed by atoms with van der Waals surface area (Å²) in [6, 6.07) is 7.97. The minimum absolute atomic E-state index is 0.243. The average molecular weight is 265 g/mol. The molecule has 0 aliphatic heterocycles. The van der Waals surface area contributed by atoms with Gasteiger partial charge in [0.2, 0.25) is 0 Å². The van der Waals surface area contributed by atoms with E-state index in [0.717, 1.165) is 16.8 Å². The van der Waals surface area contributed by atoms with Gasteiger partial charge >= 0.3 is 0 Å². The molecule has 1 atom stereocenters. The molecule has 0 saturated carbocycles. The Bertz CT molecular complexity index is 557. The molecule has 18 heavy (non-hydrogen) atoms. The van der Waals surface area contributed by atoms with Gasteiger partial charge in [-0.1, -0.05) is 17.7 Å². The van der Waals surface area contributed by atoms with Gasteiger partial charge in [0, 0.05) is 11.2 Å². The third kappa shape index (κ3) is 3.06. The fraction of sp³-hybridized carbons (Fsp3) is 0.214. The van der Waals surface area contributed by atoms with E-state index in [2.05, 4.69) is 4.98 Å². The number of aromatic nitrogens is 1. The van der Waals surface area contributed by atoms with Gasteiger partial charge in [-0.05, 0) is 48.7 Å². The van der Waals surface area contributed by atoms with E-state index in [1.165, 1.54) is 12.1 Å². The topological polar surface area (TPSA) is 38.9 Å². The van der Waals surface area contributed by atoms with Gasteiger partial charge in [-0.3, -0.25) is 4.98 Å². The van der Waals surface area contributed by atoms with E-state index in [0.29, 0.717) is 11.4 Å². The SMILES string of the molecule is Cc1ccnc(C(N)Cc2ccc(F)cc2Cl)c1. The van der Waals surface area contributed by atoms with Crippen molar-refractivity contribution >= 4 is 11.6 Å². The van der Waals surface area contributed by atoms with E-state index in [1.807, 2.05) is 19.1 Å². The smallest absolute Gasteiger partial charge is 0.124 e. The van der Waals surface area contributed by atoms with Crippen LogP contribution in [0.3, 0.4) is 0 Å². The predicted octanol–water partition coefficient (Wildman–Crippen LogP) is 3.43. The molecular formula is C14H14ClFN2. The van der Waals surface area contributed by atoms with Gasteiger partial charge in [0.15, 0.2) is 0 Å². The Morgan fingerprint density at radius 2 is 2.11 bits per heavy atom. The molecule has 0 aliphatic rings. The molecule has 94 valence electrons. The normalized spacial score (nSPS) is 12.4. The highest BCUT2D eigenvalue weighted by Gasteiger charge is 2.11. The summed E-state index contributed by atoms with van der Waals surface area (Å²) in [4.78, 5) is 4.24. The molecule has 2 N–H and O–H groups in total. The highest BCUT2D eigenvalue weighted by molar-refractivity contribution is 6.31. The van der Waals surface area contributed by atoms with Gasteiger partial charge < -0.3 is 5.73 Å². The Morgan fingerprint density at radius 1 is 1.33 bits per heavy atom. The first-order valence-corrected chi connectivity index (χ1v) is 6.06. The predicted molar refractivity (Wildman–Crippen MR) is 71.0 cm³/mol. The first kappa shape index (κ1) is 13.0. The lowest BCUT2D eigenvalue weighted by atomic mass is 10.0. The van der Waals surface area contributed by atoms with Crippen LogP contribution in [0.25, 0.3) is 0 Å². The van der Waals surface area contributed by atoms with Crippen molar-refractivity contribution in [3.05, 3.63) is 64.2 Å². The first-order chi connectivity index (χ1) is 8.56. The van der Waals surface area contributed by atoms with Crippen molar-refractivity contribution in [1.82, 2.24) is 4.98 Å². The third-order valence-corrected chi connectivity index (χ3v) is 3.12. The Morgan fingerprint density at radius 3 is 2.78 bits per heavy atom. The molecule has 0 bridgehead atoms. The monoisotopic (exact) mass is 264 g/mol. The van der Waals surface area contributed by atoms with Crippen LogP contribution < -0.4 is 5.73 Å². The summed E-state index contributed by atoms with van der Waals surface area (Å²) in [5.74, 6) is -0.342. The number of pyridine rings is 1. The number of hydrogen-bond donors (Lipinski definition) is 1. The number of nitrogens with two attached hydrogens (primary N) is 1. The van der Waals surface area contributed by atoms with E-state index in [4.69, 9.17) is 17.3 Å². The number of benzene rings is 1. The van der Waals surface area contributed by atoms with Crippen molar-refractivity contribution < 1.29 is 4.39 Å². The zero-order valence-corrected chi connectivity index (χ0v) is 10.8. The second-order valence-corrected chi connectivity index (χ2v) is 4.71. The molecule has 0 radical (unpaired) electrons. The lowest BCUT2D eigenvalue weighted by Gasteiger charge is -2.12. The Hall–Kier alpha value is -1.45. The van der Waals surface area contributed by atoms with Gasteiger partial charge in [0.1, 0.15) is 5.82 Å². The van der Waals surface area contributed by atoms with Gasteiger partial charge in [-0.15, -0.1) is 0 Å². The second-order valence-electron chi connectivity index (χ2n) is 4.30. The molecule has 1 heterocycles. The van der Waals surface area contributed by atoms with Gasteiger partial charge in [0.25, 0.3) is 0 Å². The van der Waals surface area contributed by atoms with Crippen LogP contribution in [0.4, 0.5) is 4.39 Å². The number of aryl methyl sites for hydroxylation is 1. The van der Waals surface area contributed by atoms with Crippen LogP contribution in [0, 0.1) is 12.7 Å². The average Bonchev–Trinajstić information content (AvgIpc) is 2.32. The molecule has 4 heteroatoms. The second kappa shape index (κ2) is 5.46. The summed E-state index contributed by atoms with van der Waals surface area (Å²) in [5, 5.41) is 0.401. The molecule has 0 fully saturated rings. The number of hydrogen-bond acceptors (Lipinski definition) is 2. The summed E-state index contributed by atoms with van der Waals surface area (Å²) < 4.78 is 12.9. The minimum Gasteiger partial charge on any atom is -0.322 e. The molecule has 1 unspecified atom stereocenters. The van der Waals surface area contributed by atoms with Crippen LogP contribution in [-0.2, 0) is 6.42 Å². The molecule has 2 rings (SSSR count). The molecule has 0 spiro atoms. The van der Waals surface area contributed by atoms with E-state index >= 15 is 0 Å². The lowest BCUT2D eigenvalue weighted by Crippen LogP contribution is -2.15. The summed E-state index contributed by atoms with van der Waals surface area (Å²) in [6.07, 6.45) is 2.27. The van der Waals surface area contributed by atoms with Crippen LogP contribution in [0.2, 0.25) is 5.02 Å². The first-order valence-electron chi connectivity index (χ1n) is 5.68. The van der Waals surface area contributed by atoms with Crippen molar-refractivity contribution in [3.8, 4) is 0 Å². The largest absolute Gasteiger partial charge is 0.322 e. The fourth-order valence-electron chi connectivity index (χ4n) is 1.79.